The SMILES string of the molecule is c1ccc2cc(-c3ccc(-c4ccc(N(c5ccc(-c6cccc7c6oc6ccccc67)cc5)c5cc6ccccc6c6cc(-c7ccc8cc(-c9ccc(-c%10ccc(N(c%11ccc(-c%12cccc%13c%12oc%12ccccc%12%13)cc%11)c%11cccc%12ccc%13ccccc%13c%11%12)cc%10)cc9)ccc8c7)ccc56)cc4)cc3)ccc2c1. The van der Waals surface area contributed by atoms with Crippen molar-refractivity contribution < 1.29 is 8.83 Å². The van der Waals surface area contributed by atoms with Gasteiger partial charge in [-0.2, -0.15) is 0 Å². The van der Waals surface area contributed by atoms with E-state index < -0.39 is 0 Å². The highest BCUT2D eigenvalue weighted by Crippen LogP contribution is 2.48. The van der Waals surface area contributed by atoms with Gasteiger partial charge in [0.15, 0.2) is 0 Å². The normalized spacial score (nSPS) is 11.8. The molecule has 0 saturated heterocycles. The first kappa shape index (κ1) is 64.3. The van der Waals surface area contributed by atoms with Crippen LogP contribution in [0.3, 0.4) is 0 Å². The molecule has 0 aliphatic heterocycles. The van der Waals surface area contributed by atoms with Crippen LogP contribution in [0.5, 0.6) is 0 Å². The van der Waals surface area contributed by atoms with Gasteiger partial charge in [0.1, 0.15) is 22.3 Å². The van der Waals surface area contributed by atoms with Crippen LogP contribution in [0.4, 0.5) is 34.1 Å². The first-order valence-corrected chi connectivity index (χ1v) is 38.4. The van der Waals surface area contributed by atoms with Crippen LogP contribution in [0.15, 0.2) is 421 Å². The number of furan rings is 2. The summed E-state index contributed by atoms with van der Waals surface area (Å²) in [5, 5.41) is 18.9. The molecule has 522 valence electrons. The topological polar surface area (TPSA) is 32.8 Å². The first-order valence-electron chi connectivity index (χ1n) is 38.4. The summed E-state index contributed by atoms with van der Waals surface area (Å²) in [5.74, 6) is 0. The number of hydrogen-bond donors (Lipinski definition) is 0. The van der Waals surface area contributed by atoms with E-state index in [2.05, 4.69) is 404 Å². The van der Waals surface area contributed by atoms with Gasteiger partial charge in [-0.15, -0.1) is 0 Å². The van der Waals surface area contributed by atoms with Gasteiger partial charge in [-0.3, -0.25) is 0 Å². The van der Waals surface area contributed by atoms with Crippen LogP contribution in [0, 0.1) is 0 Å². The fourth-order valence-electron chi connectivity index (χ4n) is 17.3. The third kappa shape index (κ3) is 11.1. The molecule has 22 aromatic rings. The molecule has 0 bridgehead atoms. The number of rotatable bonds is 13. The lowest BCUT2D eigenvalue weighted by molar-refractivity contribution is 0.669. The molecule has 0 aliphatic carbocycles. The molecule has 0 unspecified atom stereocenters. The smallest absolute Gasteiger partial charge is 0.143 e. The Hall–Kier alpha value is -14.8. The molecule has 0 aliphatic rings. The predicted molar refractivity (Wildman–Crippen MR) is 473 cm³/mol. The maximum absolute atomic E-state index is 6.58. The summed E-state index contributed by atoms with van der Waals surface area (Å²) in [6.07, 6.45) is 0. The highest BCUT2D eigenvalue weighted by atomic mass is 16.3. The second-order valence-corrected chi connectivity index (χ2v) is 29.5. The lowest BCUT2D eigenvalue weighted by atomic mass is 9.93. The quantitative estimate of drug-likeness (QED) is 0.108. The Balaban J connectivity index is 0.568. The summed E-state index contributed by atoms with van der Waals surface area (Å²) in [7, 11) is 0. The van der Waals surface area contributed by atoms with Gasteiger partial charge in [0.2, 0.25) is 0 Å². The second-order valence-electron chi connectivity index (χ2n) is 29.5. The van der Waals surface area contributed by atoms with E-state index in [9.17, 15) is 0 Å². The number of para-hydroxylation sites is 4. The van der Waals surface area contributed by atoms with Gasteiger partial charge in [0.25, 0.3) is 0 Å². The van der Waals surface area contributed by atoms with Crippen molar-refractivity contribution >= 4 is 143 Å². The summed E-state index contributed by atoms with van der Waals surface area (Å²) in [6, 6.07) is 151. The molecule has 0 amide bonds. The highest BCUT2D eigenvalue weighted by Gasteiger charge is 2.23. The van der Waals surface area contributed by atoms with E-state index in [1.165, 1.54) is 92.6 Å². The molecule has 20 aromatic carbocycles. The molecular weight excluding hydrogens is 1360 g/mol. The zero-order valence-electron chi connectivity index (χ0n) is 61.0. The minimum atomic E-state index is 0.891. The molecule has 4 nitrogen and oxygen atoms in total. The fourth-order valence-corrected chi connectivity index (χ4v) is 17.3. The number of anilines is 6. The zero-order chi connectivity index (χ0) is 73.7. The van der Waals surface area contributed by atoms with E-state index >= 15 is 0 Å². The van der Waals surface area contributed by atoms with E-state index in [1.807, 2.05) is 18.2 Å². The lowest BCUT2D eigenvalue weighted by Crippen LogP contribution is -2.10. The molecule has 0 saturated carbocycles. The van der Waals surface area contributed by atoms with E-state index in [-0.39, 0.29) is 0 Å². The average molecular weight is 1430 g/mol. The monoisotopic (exact) mass is 1420 g/mol. The van der Waals surface area contributed by atoms with Crippen LogP contribution < -0.4 is 9.80 Å². The average Bonchev–Trinajstić information content (AvgIpc) is 1.02. The van der Waals surface area contributed by atoms with Crippen molar-refractivity contribution in [1.29, 1.82) is 0 Å². The Bertz CT molecular complexity index is 7460. The van der Waals surface area contributed by atoms with Gasteiger partial charge in [-0.05, 0) is 218 Å². The third-order valence-electron chi connectivity index (χ3n) is 23.0. The fraction of sp³-hybridized carbons (Fsp3) is 0. The minimum absolute atomic E-state index is 0.891. The maximum Gasteiger partial charge on any atom is 0.143 e. The minimum Gasteiger partial charge on any atom is -0.455 e. The van der Waals surface area contributed by atoms with Crippen molar-refractivity contribution in [2.75, 3.05) is 9.80 Å². The van der Waals surface area contributed by atoms with E-state index in [0.717, 1.165) is 128 Å². The first-order chi connectivity index (χ1) is 55.5. The molecule has 0 N–H and O–H groups in total. The molecule has 0 fully saturated rings. The summed E-state index contributed by atoms with van der Waals surface area (Å²) in [4.78, 5) is 4.84. The molecule has 4 heteroatoms. The van der Waals surface area contributed by atoms with Gasteiger partial charge in [0.05, 0.1) is 11.4 Å². The van der Waals surface area contributed by atoms with Crippen LogP contribution in [0.1, 0.15) is 0 Å². The van der Waals surface area contributed by atoms with Gasteiger partial charge in [-0.25, -0.2) is 0 Å². The Labute approximate surface area is 647 Å². The number of nitrogens with zero attached hydrogens (tertiary/aromatic N) is 2. The molecule has 0 spiro atoms. The van der Waals surface area contributed by atoms with Crippen molar-refractivity contribution in [3.8, 4) is 77.9 Å². The van der Waals surface area contributed by atoms with Crippen molar-refractivity contribution in [3.63, 3.8) is 0 Å². The van der Waals surface area contributed by atoms with Gasteiger partial charge >= 0.3 is 0 Å². The number of hydrogen-bond acceptors (Lipinski definition) is 4. The predicted octanol–water partition coefficient (Wildman–Crippen LogP) is 31.0. The molecule has 2 aromatic heterocycles. The second kappa shape index (κ2) is 26.5. The molecule has 22 rings (SSSR count). The molecule has 2 heterocycles. The Kier molecular flexibility index (Phi) is 15.2. The van der Waals surface area contributed by atoms with Crippen LogP contribution in [0.25, 0.3) is 186 Å². The summed E-state index contributed by atoms with van der Waals surface area (Å²) < 4.78 is 13.1. The summed E-state index contributed by atoms with van der Waals surface area (Å²) in [6.45, 7) is 0. The van der Waals surface area contributed by atoms with Crippen LogP contribution in [-0.4, -0.2) is 0 Å². The maximum atomic E-state index is 6.58. The Morgan fingerprint density at radius 2 is 0.491 bits per heavy atom. The van der Waals surface area contributed by atoms with Crippen LogP contribution >= 0.6 is 0 Å². The van der Waals surface area contributed by atoms with Crippen molar-refractivity contribution in [2.24, 2.45) is 0 Å². The van der Waals surface area contributed by atoms with Crippen molar-refractivity contribution in [3.05, 3.63) is 413 Å². The standard InChI is InChI=1S/C108H68N2O2/c1-2-16-80-64-81(41-38-69(80)14-1)74-34-30-71(31-35-74)73-48-57-90(58-49-73)110(91-61-52-78(53-62-91)95-24-13-26-100-98-22-8-10-29-105(98)112-108(95)100)103-68-87-17-4-5-19-92(87)101-67-86(54-63-96(101)103)85-45-44-83-65-82(42-43-84(83)66-85)75-36-32-70(33-37-75)72-46-55-88(56-47-72)109(102-27-11-18-79-40-39-76-15-3-6-20-93(76)106(79)102)89-59-50-77(51-60-89)94-23-12-25-99-97-21-7-9-28-104(97)111-107(94)99/h1-68H. The summed E-state index contributed by atoms with van der Waals surface area (Å²) in [5.41, 5.74) is 26.1. The third-order valence-corrected chi connectivity index (χ3v) is 23.0. The van der Waals surface area contributed by atoms with Crippen LogP contribution in [-0.2, 0) is 0 Å². The molecule has 0 atom stereocenters. The Morgan fingerprint density at radius 3 is 1.02 bits per heavy atom. The zero-order valence-corrected chi connectivity index (χ0v) is 61.0. The Morgan fingerprint density at radius 1 is 0.161 bits per heavy atom. The number of fused-ring (bicyclic) bond motifs is 14. The van der Waals surface area contributed by atoms with Gasteiger partial charge < -0.3 is 18.6 Å². The van der Waals surface area contributed by atoms with E-state index in [4.69, 9.17) is 8.83 Å². The van der Waals surface area contributed by atoms with Gasteiger partial charge in [-0.1, -0.05) is 315 Å². The van der Waals surface area contributed by atoms with Crippen molar-refractivity contribution in [2.45, 2.75) is 0 Å². The van der Waals surface area contributed by atoms with Gasteiger partial charge in [0, 0.05) is 66.2 Å². The van der Waals surface area contributed by atoms with E-state index in [0.29, 0.717) is 0 Å². The molecular formula is C108H68N2O2. The largest absolute Gasteiger partial charge is 0.455 e. The van der Waals surface area contributed by atoms with Crippen LogP contribution in [0.2, 0.25) is 0 Å². The summed E-state index contributed by atoms with van der Waals surface area (Å²) >= 11 is 0. The lowest BCUT2D eigenvalue weighted by Gasteiger charge is -2.28. The van der Waals surface area contributed by atoms with Crippen molar-refractivity contribution in [1.82, 2.24) is 0 Å². The van der Waals surface area contributed by atoms with E-state index in [1.54, 1.807) is 0 Å². The molecule has 112 heavy (non-hydrogen) atoms. The molecule has 0 radical (unpaired) electrons. The number of benzene rings is 20. The highest BCUT2D eigenvalue weighted by molar-refractivity contribution is 6.18.